The van der Waals surface area contributed by atoms with Crippen LogP contribution in [0.2, 0.25) is 0 Å². The fourth-order valence-electron chi connectivity index (χ4n) is 1.63. The van der Waals surface area contributed by atoms with Gasteiger partial charge in [0.05, 0.1) is 4.92 Å². The SMILES string of the molecule is O=[N+]([O-])c1ccccc1S(=O)(=O)Oc1c(F)c(F)c(F)c(F)c1F. The average Bonchev–Trinajstić information content (AvgIpc) is 2.55. The number of halogens is 5. The Labute approximate surface area is 130 Å². The second-order valence-electron chi connectivity index (χ2n) is 4.16. The van der Waals surface area contributed by atoms with Gasteiger partial charge in [-0.25, -0.2) is 13.2 Å². The summed E-state index contributed by atoms with van der Waals surface area (Å²) < 4.78 is 93.7. The first-order chi connectivity index (χ1) is 11.1. The fourth-order valence-corrected chi connectivity index (χ4v) is 2.73. The molecule has 0 heterocycles. The molecule has 0 saturated heterocycles. The van der Waals surface area contributed by atoms with Crippen molar-refractivity contribution < 1.29 is 39.5 Å². The van der Waals surface area contributed by atoms with Crippen LogP contribution in [0.4, 0.5) is 27.6 Å². The molecule has 0 fully saturated rings. The van der Waals surface area contributed by atoms with Crippen LogP contribution in [0.1, 0.15) is 0 Å². The van der Waals surface area contributed by atoms with Crippen molar-refractivity contribution in [1.29, 1.82) is 0 Å². The van der Waals surface area contributed by atoms with Crippen LogP contribution >= 0.6 is 0 Å². The van der Waals surface area contributed by atoms with Crippen molar-refractivity contribution in [2.75, 3.05) is 0 Å². The second-order valence-corrected chi connectivity index (χ2v) is 5.68. The van der Waals surface area contributed by atoms with E-state index >= 15 is 0 Å². The van der Waals surface area contributed by atoms with Crippen molar-refractivity contribution in [1.82, 2.24) is 0 Å². The normalized spacial score (nSPS) is 11.4. The van der Waals surface area contributed by atoms with Gasteiger partial charge in [-0.2, -0.15) is 17.2 Å². The van der Waals surface area contributed by atoms with Crippen molar-refractivity contribution in [2.24, 2.45) is 0 Å². The number of hydrogen-bond donors (Lipinski definition) is 0. The Morgan fingerprint density at radius 3 is 1.83 bits per heavy atom. The Hall–Kier alpha value is -2.76. The van der Waals surface area contributed by atoms with Gasteiger partial charge in [0.2, 0.25) is 34.8 Å². The largest absolute Gasteiger partial charge is 0.372 e. The van der Waals surface area contributed by atoms with Crippen molar-refractivity contribution in [2.45, 2.75) is 4.90 Å². The van der Waals surface area contributed by atoms with E-state index in [0.29, 0.717) is 6.07 Å². The predicted molar refractivity (Wildman–Crippen MR) is 67.1 cm³/mol. The number of hydrogen-bond acceptors (Lipinski definition) is 5. The smallest absolute Gasteiger partial charge is 0.346 e. The van der Waals surface area contributed by atoms with E-state index in [4.69, 9.17) is 0 Å². The van der Waals surface area contributed by atoms with Crippen LogP contribution in [0, 0.1) is 39.2 Å². The number of rotatable bonds is 4. The maximum Gasteiger partial charge on any atom is 0.346 e. The zero-order valence-electron chi connectivity index (χ0n) is 11.1. The average molecular weight is 369 g/mol. The minimum atomic E-state index is -5.26. The number of para-hydroxylation sites is 1. The van der Waals surface area contributed by atoms with Gasteiger partial charge in [-0.05, 0) is 6.07 Å². The highest BCUT2D eigenvalue weighted by molar-refractivity contribution is 7.87. The van der Waals surface area contributed by atoms with Crippen LogP contribution in [0.15, 0.2) is 29.2 Å². The van der Waals surface area contributed by atoms with Gasteiger partial charge in [0.1, 0.15) is 0 Å². The van der Waals surface area contributed by atoms with Crippen molar-refractivity contribution in [3.63, 3.8) is 0 Å². The van der Waals surface area contributed by atoms with Gasteiger partial charge in [0.15, 0.2) is 4.90 Å². The number of nitro benzene ring substituents is 1. The first-order valence-electron chi connectivity index (χ1n) is 5.77. The lowest BCUT2D eigenvalue weighted by Crippen LogP contribution is -2.15. The van der Waals surface area contributed by atoms with Gasteiger partial charge in [0.25, 0.3) is 5.69 Å². The fraction of sp³-hybridized carbons (Fsp3) is 0. The Bertz CT molecular complexity index is 918. The van der Waals surface area contributed by atoms with Gasteiger partial charge in [-0.3, -0.25) is 10.1 Å². The van der Waals surface area contributed by atoms with E-state index in [9.17, 15) is 40.5 Å². The monoisotopic (exact) mass is 369 g/mol. The molecule has 0 aliphatic carbocycles. The van der Waals surface area contributed by atoms with E-state index in [2.05, 4.69) is 4.18 Å². The maximum absolute atomic E-state index is 13.5. The molecule has 2 rings (SSSR count). The summed E-state index contributed by atoms with van der Waals surface area (Å²) in [4.78, 5) is 8.52. The Morgan fingerprint density at radius 1 is 0.875 bits per heavy atom. The van der Waals surface area contributed by atoms with Gasteiger partial charge in [0, 0.05) is 6.07 Å². The standard InChI is InChI=1S/C12H4F5NO5S/c13-7-8(14)10(16)12(11(17)9(7)15)23-24(21,22)6-4-2-1-3-5(6)18(19)20/h1-4H. The molecule has 0 aliphatic rings. The van der Waals surface area contributed by atoms with Crippen LogP contribution < -0.4 is 4.18 Å². The second kappa shape index (κ2) is 6.03. The number of benzene rings is 2. The molecule has 0 saturated carbocycles. The van der Waals surface area contributed by atoms with E-state index in [-0.39, 0.29) is 0 Å². The minimum absolute atomic E-state index is 0.666. The first kappa shape index (κ1) is 17.6. The third-order valence-corrected chi connectivity index (χ3v) is 3.96. The lowest BCUT2D eigenvalue weighted by molar-refractivity contribution is -0.387. The Morgan fingerprint density at radius 2 is 1.33 bits per heavy atom. The summed E-state index contributed by atoms with van der Waals surface area (Å²) in [6.45, 7) is 0. The van der Waals surface area contributed by atoms with Crippen molar-refractivity contribution in [3.05, 3.63) is 63.5 Å². The van der Waals surface area contributed by atoms with Crippen molar-refractivity contribution >= 4 is 15.8 Å². The molecule has 12 heteroatoms. The summed E-state index contributed by atoms with van der Waals surface area (Å²) in [6.07, 6.45) is 0. The number of nitro groups is 1. The van der Waals surface area contributed by atoms with Crippen LogP contribution in [0.5, 0.6) is 5.75 Å². The Balaban J connectivity index is 2.63. The van der Waals surface area contributed by atoms with Crippen LogP contribution in [-0.2, 0) is 10.1 Å². The molecule has 2 aromatic rings. The number of nitrogens with zero attached hydrogens (tertiary/aromatic N) is 1. The molecular weight excluding hydrogens is 365 g/mol. The van der Waals surface area contributed by atoms with Gasteiger partial charge in [-0.1, -0.05) is 12.1 Å². The van der Waals surface area contributed by atoms with Crippen LogP contribution in [0.3, 0.4) is 0 Å². The molecule has 0 N–H and O–H groups in total. The minimum Gasteiger partial charge on any atom is -0.372 e. The van der Waals surface area contributed by atoms with E-state index in [0.717, 1.165) is 18.2 Å². The lowest BCUT2D eigenvalue weighted by Gasteiger charge is -2.10. The Kier molecular flexibility index (Phi) is 4.42. The third-order valence-electron chi connectivity index (χ3n) is 2.69. The molecule has 0 unspecified atom stereocenters. The molecule has 0 aromatic heterocycles. The molecule has 0 atom stereocenters. The highest BCUT2D eigenvalue weighted by atomic mass is 32.2. The lowest BCUT2D eigenvalue weighted by atomic mass is 10.3. The van der Waals surface area contributed by atoms with Gasteiger partial charge in [-0.15, -0.1) is 0 Å². The summed E-state index contributed by atoms with van der Waals surface area (Å²) in [6, 6.07) is 3.53. The highest BCUT2D eigenvalue weighted by Gasteiger charge is 2.33. The molecule has 0 spiro atoms. The van der Waals surface area contributed by atoms with E-state index < -0.39 is 60.5 Å². The van der Waals surface area contributed by atoms with Crippen LogP contribution in [0.25, 0.3) is 0 Å². The van der Waals surface area contributed by atoms with E-state index in [1.165, 1.54) is 0 Å². The molecule has 0 amide bonds. The van der Waals surface area contributed by atoms with Crippen molar-refractivity contribution in [3.8, 4) is 5.75 Å². The van der Waals surface area contributed by atoms with Gasteiger partial charge >= 0.3 is 10.1 Å². The quantitative estimate of drug-likeness (QED) is 0.206. The molecule has 24 heavy (non-hydrogen) atoms. The summed E-state index contributed by atoms with van der Waals surface area (Å²) in [5.41, 5.74) is -1.01. The summed E-state index contributed by atoms with van der Waals surface area (Å²) in [7, 11) is -5.26. The van der Waals surface area contributed by atoms with Gasteiger partial charge < -0.3 is 4.18 Å². The molecule has 2 aromatic carbocycles. The third kappa shape index (κ3) is 2.87. The molecular formula is C12H4F5NO5S. The highest BCUT2D eigenvalue weighted by Crippen LogP contribution is 2.33. The zero-order chi connectivity index (χ0) is 18.2. The van der Waals surface area contributed by atoms with E-state index in [1.54, 1.807) is 0 Å². The predicted octanol–water partition coefficient (Wildman–Crippen LogP) is 3.06. The summed E-state index contributed by atoms with van der Waals surface area (Å²) >= 11 is 0. The molecule has 128 valence electrons. The zero-order valence-corrected chi connectivity index (χ0v) is 11.9. The van der Waals surface area contributed by atoms with Crippen LogP contribution in [-0.4, -0.2) is 13.3 Å². The molecule has 0 aliphatic heterocycles. The first-order valence-corrected chi connectivity index (χ1v) is 7.18. The molecule has 0 radical (unpaired) electrons. The topological polar surface area (TPSA) is 86.5 Å². The van der Waals surface area contributed by atoms with E-state index in [1.807, 2.05) is 0 Å². The molecule has 0 bridgehead atoms. The summed E-state index contributed by atoms with van der Waals surface area (Å²) in [5, 5.41) is 10.8. The maximum atomic E-state index is 13.5. The molecule has 6 nitrogen and oxygen atoms in total. The summed E-state index contributed by atoms with van der Waals surface area (Å²) in [5.74, 6) is -14.5.